The van der Waals surface area contributed by atoms with Gasteiger partial charge in [-0.25, -0.2) is 4.79 Å². The highest BCUT2D eigenvalue weighted by atomic mass is 79.9. The first-order chi connectivity index (χ1) is 9.85. The summed E-state index contributed by atoms with van der Waals surface area (Å²) in [6.45, 7) is 7.22. The molecule has 1 aliphatic heterocycles. The summed E-state index contributed by atoms with van der Waals surface area (Å²) in [5.41, 5.74) is -0.528. The SMILES string of the molecule is CC(C)(C)OC(=O)C(Oc1cncc(Br)c1)C1CCNC1. The minimum atomic E-state index is -0.615. The number of carbonyl (C=O) groups excluding carboxylic acids is 1. The Morgan fingerprint density at radius 1 is 1.48 bits per heavy atom. The quantitative estimate of drug-likeness (QED) is 0.840. The molecule has 1 aliphatic rings. The van der Waals surface area contributed by atoms with E-state index in [2.05, 4.69) is 26.2 Å². The van der Waals surface area contributed by atoms with Gasteiger partial charge in [-0.1, -0.05) is 0 Å². The highest BCUT2D eigenvalue weighted by Crippen LogP contribution is 2.24. The van der Waals surface area contributed by atoms with E-state index in [1.54, 1.807) is 18.5 Å². The molecule has 2 unspecified atom stereocenters. The van der Waals surface area contributed by atoms with Crippen molar-refractivity contribution >= 4 is 21.9 Å². The Labute approximate surface area is 133 Å². The van der Waals surface area contributed by atoms with Gasteiger partial charge in [0.1, 0.15) is 11.4 Å². The minimum Gasteiger partial charge on any atom is -0.477 e. The molecule has 0 saturated carbocycles. The predicted octanol–water partition coefficient (Wildman–Crippen LogP) is 2.54. The average molecular weight is 357 g/mol. The Balaban J connectivity index is 2.13. The third kappa shape index (κ3) is 4.97. The molecule has 21 heavy (non-hydrogen) atoms. The Hall–Kier alpha value is -1.14. The number of hydrogen-bond acceptors (Lipinski definition) is 5. The molecule has 2 atom stereocenters. The van der Waals surface area contributed by atoms with Crippen LogP contribution in [0.25, 0.3) is 0 Å². The fourth-order valence-corrected chi connectivity index (χ4v) is 2.58. The molecule has 0 aliphatic carbocycles. The second kappa shape index (κ2) is 6.75. The first-order valence-electron chi connectivity index (χ1n) is 7.06. The van der Waals surface area contributed by atoms with Crippen LogP contribution in [0.2, 0.25) is 0 Å². The van der Waals surface area contributed by atoms with Gasteiger partial charge < -0.3 is 14.8 Å². The molecule has 1 fully saturated rings. The van der Waals surface area contributed by atoms with Crippen LogP contribution in [0.4, 0.5) is 0 Å². The number of aromatic nitrogens is 1. The van der Waals surface area contributed by atoms with E-state index in [0.29, 0.717) is 5.75 Å². The maximum atomic E-state index is 12.4. The third-order valence-electron chi connectivity index (χ3n) is 3.11. The van der Waals surface area contributed by atoms with E-state index >= 15 is 0 Å². The molecule has 2 rings (SSSR count). The molecule has 0 spiro atoms. The van der Waals surface area contributed by atoms with E-state index in [1.165, 1.54) is 0 Å². The molecule has 6 heteroatoms. The van der Waals surface area contributed by atoms with Crippen molar-refractivity contribution in [3.8, 4) is 5.75 Å². The lowest BCUT2D eigenvalue weighted by Gasteiger charge is -2.27. The zero-order valence-electron chi connectivity index (χ0n) is 12.6. The maximum absolute atomic E-state index is 12.4. The molecule has 2 heterocycles. The Morgan fingerprint density at radius 3 is 2.81 bits per heavy atom. The summed E-state index contributed by atoms with van der Waals surface area (Å²) in [6, 6.07) is 1.80. The van der Waals surface area contributed by atoms with Gasteiger partial charge in [0.2, 0.25) is 0 Å². The van der Waals surface area contributed by atoms with Crippen LogP contribution in [0, 0.1) is 5.92 Å². The number of carbonyl (C=O) groups is 1. The van der Waals surface area contributed by atoms with E-state index in [1.807, 2.05) is 20.8 Å². The lowest BCUT2D eigenvalue weighted by Crippen LogP contribution is -2.41. The fraction of sp³-hybridized carbons (Fsp3) is 0.600. The third-order valence-corrected chi connectivity index (χ3v) is 3.54. The topological polar surface area (TPSA) is 60.5 Å². The molecule has 0 aromatic carbocycles. The van der Waals surface area contributed by atoms with Crippen molar-refractivity contribution < 1.29 is 14.3 Å². The molecule has 5 nitrogen and oxygen atoms in total. The lowest BCUT2D eigenvalue weighted by molar-refractivity contribution is -0.165. The number of ether oxygens (including phenoxy) is 2. The summed E-state index contributed by atoms with van der Waals surface area (Å²) >= 11 is 3.35. The van der Waals surface area contributed by atoms with Crippen molar-refractivity contribution in [3.63, 3.8) is 0 Å². The molecule has 1 saturated heterocycles. The molecular weight excluding hydrogens is 336 g/mol. The van der Waals surface area contributed by atoms with E-state index in [-0.39, 0.29) is 11.9 Å². The van der Waals surface area contributed by atoms with E-state index in [4.69, 9.17) is 9.47 Å². The monoisotopic (exact) mass is 356 g/mol. The predicted molar refractivity (Wildman–Crippen MR) is 83.2 cm³/mol. The summed E-state index contributed by atoms with van der Waals surface area (Å²) in [4.78, 5) is 16.5. The van der Waals surface area contributed by atoms with Gasteiger partial charge in [-0.3, -0.25) is 4.98 Å². The minimum absolute atomic E-state index is 0.110. The van der Waals surface area contributed by atoms with Gasteiger partial charge in [-0.15, -0.1) is 0 Å². The van der Waals surface area contributed by atoms with E-state index in [9.17, 15) is 4.79 Å². The molecule has 116 valence electrons. The van der Waals surface area contributed by atoms with Crippen molar-refractivity contribution in [1.29, 1.82) is 0 Å². The van der Waals surface area contributed by atoms with Gasteiger partial charge in [0, 0.05) is 23.1 Å². The Morgan fingerprint density at radius 2 is 2.24 bits per heavy atom. The zero-order chi connectivity index (χ0) is 15.5. The molecule has 1 aromatic heterocycles. The number of rotatable bonds is 4. The van der Waals surface area contributed by atoms with Crippen LogP contribution >= 0.6 is 15.9 Å². The fourth-order valence-electron chi connectivity index (χ4n) is 2.24. The van der Waals surface area contributed by atoms with Gasteiger partial charge in [0.25, 0.3) is 0 Å². The largest absolute Gasteiger partial charge is 0.477 e. The van der Waals surface area contributed by atoms with Crippen LogP contribution in [0.15, 0.2) is 22.9 Å². The normalized spacial score (nSPS) is 20.1. The molecule has 0 radical (unpaired) electrons. The van der Waals surface area contributed by atoms with Crippen molar-refractivity contribution in [2.75, 3.05) is 13.1 Å². The summed E-state index contributed by atoms with van der Waals surface area (Å²) in [5, 5.41) is 3.26. The van der Waals surface area contributed by atoms with Crippen molar-refractivity contribution in [2.45, 2.75) is 38.9 Å². The summed E-state index contributed by atoms with van der Waals surface area (Å²) in [5.74, 6) is 0.349. The lowest BCUT2D eigenvalue weighted by atomic mass is 10.0. The van der Waals surface area contributed by atoms with Gasteiger partial charge in [-0.05, 0) is 55.7 Å². The van der Waals surface area contributed by atoms with E-state index in [0.717, 1.165) is 24.0 Å². The van der Waals surface area contributed by atoms with Crippen molar-refractivity contribution in [3.05, 3.63) is 22.9 Å². The summed E-state index contributed by atoms with van der Waals surface area (Å²) < 4.78 is 12.2. The molecule has 0 bridgehead atoms. The molecule has 1 N–H and O–H groups in total. The molecule has 1 aromatic rings. The highest BCUT2D eigenvalue weighted by molar-refractivity contribution is 9.10. The number of nitrogens with zero attached hydrogens (tertiary/aromatic N) is 1. The van der Waals surface area contributed by atoms with Gasteiger partial charge in [-0.2, -0.15) is 0 Å². The van der Waals surface area contributed by atoms with Crippen LogP contribution in [0.3, 0.4) is 0 Å². The standard InChI is InChI=1S/C15H21BrN2O3/c1-15(2,3)21-14(19)13(10-4-5-17-7-10)20-12-6-11(16)8-18-9-12/h6,8-10,13,17H,4-5,7H2,1-3H3. The number of pyridine rings is 1. The first kappa shape index (κ1) is 16.2. The molecular formula is C15H21BrN2O3. The smallest absolute Gasteiger partial charge is 0.348 e. The van der Waals surface area contributed by atoms with Gasteiger partial charge in [0.05, 0.1) is 6.20 Å². The maximum Gasteiger partial charge on any atom is 0.348 e. The second-order valence-corrected chi connectivity index (χ2v) is 7.08. The second-order valence-electron chi connectivity index (χ2n) is 6.16. The van der Waals surface area contributed by atoms with Gasteiger partial charge in [0.15, 0.2) is 6.10 Å². The number of halogens is 1. The van der Waals surface area contributed by atoms with Gasteiger partial charge >= 0.3 is 5.97 Å². The molecule has 0 amide bonds. The van der Waals surface area contributed by atoms with Crippen molar-refractivity contribution in [1.82, 2.24) is 10.3 Å². The van der Waals surface area contributed by atoms with Crippen LogP contribution < -0.4 is 10.1 Å². The van der Waals surface area contributed by atoms with Crippen LogP contribution in [-0.2, 0) is 9.53 Å². The van der Waals surface area contributed by atoms with Crippen LogP contribution in [0.1, 0.15) is 27.2 Å². The number of hydrogen-bond donors (Lipinski definition) is 1. The van der Waals surface area contributed by atoms with Crippen LogP contribution in [-0.4, -0.2) is 35.7 Å². The Kier molecular flexibility index (Phi) is 5.22. The number of esters is 1. The Bertz CT molecular complexity index is 496. The summed E-state index contributed by atoms with van der Waals surface area (Å²) in [6.07, 6.45) is 3.55. The van der Waals surface area contributed by atoms with E-state index < -0.39 is 11.7 Å². The summed E-state index contributed by atoms with van der Waals surface area (Å²) in [7, 11) is 0. The number of nitrogens with one attached hydrogen (secondary N) is 1. The zero-order valence-corrected chi connectivity index (χ0v) is 14.1. The van der Waals surface area contributed by atoms with Crippen molar-refractivity contribution in [2.24, 2.45) is 5.92 Å². The average Bonchev–Trinajstić information content (AvgIpc) is 2.87. The first-order valence-corrected chi connectivity index (χ1v) is 7.85. The van der Waals surface area contributed by atoms with Crippen LogP contribution in [0.5, 0.6) is 5.75 Å². The highest BCUT2D eigenvalue weighted by Gasteiger charge is 2.35.